The molecule has 0 aliphatic heterocycles. The largest absolute Gasteiger partial charge is 0.493 e. The van der Waals surface area contributed by atoms with Crippen LogP contribution in [0.15, 0.2) is 12.1 Å². The number of benzene rings is 1. The summed E-state index contributed by atoms with van der Waals surface area (Å²) < 4.78 is 35.6. The molecule has 0 spiro atoms. The summed E-state index contributed by atoms with van der Waals surface area (Å²) in [5.41, 5.74) is -0.281. The average Bonchev–Trinajstić information content (AvgIpc) is 2.36. The number of aliphatic hydroxyl groups is 2. The van der Waals surface area contributed by atoms with Crippen molar-refractivity contribution >= 4 is 5.97 Å². The first kappa shape index (κ1) is 15.3. The molecule has 2 atom stereocenters. The van der Waals surface area contributed by atoms with Gasteiger partial charge in [-0.15, -0.1) is 0 Å². The molecule has 2 N–H and O–H groups in total. The SMILES string of the molecule is COC(=O)CC(O)C(O)c1cc(F)cc(F)c1OC. The topological polar surface area (TPSA) is 76.0 Å². The number of carbonyl (C=O) groups excluding carboxylic acids is 1. The van der Waals surface area contributed by atoms with Crippen molar-refractivity contribution in [2.45, 2.75) is 18.6 Å². The van der Waals surface area contributed by atoms with Gasteiger partial charge in [0, 0.05) is 11.6 Å². The first-order chi connectivity index (χ1) is 8.90. The average molecular weight is 276 g/mol. The van der Waals surface area contributed by atoms with E-state index in [0.717, 1.165) is 20.3 Å². The van der Waals surface area contributed by atoms with E-state index in [9.17, 15) is 23.8 Å². The van der Waals surface area contributed by atoms with Crippen LogP contribution in [0.1, 0.15) is 18.1 Å². The second kappa shape index (κ2) is 6.44. The first-order valence-electron chi connectivity index (χ1n) is 5.36. The van der Waals surface area contributed by atoms with Crippen molar-refractivity contribution in [2.75, 3.05) is 14.2 Å². The van der Waals surface area contributed by atoms with Crippen LogP contribution < -0.4 is 4.74 Å². The van der Waals surface area contributed by atoms with Gasteiger partial charge in [0.1, 0.15) is 11.9 Å². The smallest absolute Gasteiger partial charge is 0.308 e. The van der Waals surface area contributed by atoms with Crippen molar-refractivity contribution in [1.29, 1.82) is 0 Å². The zero-order valence-corrected chi connectivity index (χ0v) is 10.4. The Kier molecular flexibility index (Phi) is 5.20. The molecule has 0 bridgehead atoms. The Hall–Kier alpha value is -1.73. The Labute approximate surface area is 108 Å². The van der Waals surface area contributed by atoms with Crippen LogP contribution in [0, 0.1) is 11.6 Å². The highest BCUT2D eigenvalue weighted by Crippen LogP contribution is 2.31. The Morgan fingerprint density at radius 2 is 1.95 bits per heavy atom. The van der Waals surface area contributed by atoms with Crippen molar-refractivity contribution in [3.05, 3.63) is 29.3 Å². The highest BCUT2D eigenvalue weighted by atomic mass is 19.1. The van der Waals surface area contributed by atoms with Gasteiger partial charge in [-0.2, -0.15) is 0 Å². The monoisotopic (exact) mass is 276 g/mol. The van der Waals surface area contributed by atoms with Gasteiger partial charge in [0.2, 0.25) is 0 Å². The molecule has 7 heteroatoms. The minimum Gasteiger partial charge on any atom is -0.493 e. The van der Waals surface area contributed by atoms with Crippen molar-refractivity contribution in [3.8, 4) is 5.75 Å². The predicted octanol–water partition coefficient (Wildman–Crippen LogP) is 0.931. The zero-order chi connectivity index (χ0) is 14.6. The maximum atomic E-state index is 13.4. The molecule has 5 nitrogen and oxygen atoms in total. The van der Waals surface area contributed by atoms with Crippen LogP contribution in [0.2, 0.25) is 0 Å². The number of methoxy groups -OCH3 is 2. The molecule has 1 aromatic rings. The van der Waals surface area contributed by atoms with Gasteiger partial charge in [0.15, 0.2) is 11.6 Å². The molecule has 0 heterocycles. The van der Waals surface area contributed by atoms with E-state index in [1.807, 2.05) is 0 Å². The lowest BCUT2D eigenvalue weighted by Crippen LogP contribution is -2.23. The summed E-state index contributed by atoms with van der Waals surface area (Å²) in [4.78, 5) is 11.0. The van der Waals surface area contributed by atoms with Gasteiger partial charge in [-0.3, -0.25) is 4.79 Å². The second-order valence-electron chi connectivity index (χ2n) is 3.80. The quantitative estimate of drug-likeness (QED) is 0.782. The zero-order valence-electron chi connectivity index (χ0n) is 10.4. The van der Waals surface area contributed by atoms with E-state index in [2.05, 4.69) is 4.74 Å². The molecule has 0 saturated carbocycles. The molecule has 0 saturated heterocycles. The van der Waals surface area contributed by atoms with Gasteiger partial charge < -0.3 is 19.7 Å². The van der Waals surface area contributed by atoms with E-state index in [4.69, 9.17) is 4.74 Å². The maximum Gasteiger partial charge on any atom is 0.308 e. The van der Waals surface area contributed by atoms with Crippen LogP contribution in [-0.2, 0) is 9.53 Å². The molecule has 19 heavy (non-hydrogen) atoms. The van der Waals surface area contributed by atoms with Crippen molar-refractivity contribution in [3.63, 3.8) is 0 Å². The molecule has 1 rings (SSSR count). The summed E-state index contributed by atoms with van der Waals surface area (Å²) in [6.07, 6.45) is -3.76. The van der Waals surface area contributed by atoms with E-state index in [-0.39, 0.29) is 5.56 Å². The lowest BCUT2D eigenvalue weighted by Gasteiger charge is -2.19. The number of rotatable bonds is 5. The third-order valence-electron chi connectivity index (χ3n) is 2.53. The van der Waals surface area contributed by atoms with Gasteiger partial charge >= 0.3 is 5.97 Å². The molecule has 0 amide bonds. The standard InChI is InChI=1S/C12H14F2O5/c1-18-10(16)5-9(15)11(17)7-3-6(13)4-8(14)12(7)19-2/h3-4,9,11,15,17H,5H2,1-2H3. The van der Waals surface area contributed by atoms with E-state index in [0.29, 0.717) is 6.07 Å². The van der Waals surface area contributed by atoms with Crippen LogP contribution in [-0.4, -0.2) is 36.5 Å². The normalized spacial score (nSPS) is 13.8. The highest BCUT2D eigenvalue weighted by molar-refractivity contribution is 5.69. The highest BCUT2D eigenvalue weighted by Gasteiger charge is 2.26. The van der Waals surface area contributed by atoms with E-state index in [1.54, 1.807) is 0 Å². The lowest BCUT2D eigenvalue weighted by atomic mass is 10.0. The predicted molar refractivity (Wildman–Crippen MR) is 60.5 cm³/mol. The minimum absolute atomic E-state index is 0.281. The Bertz CT molecular complexity index is 464. The fourth-order valence-corrected chi connectivity index (χ4v) is 1.59. The van der Waals surface area contributed by atoms with Crippen molar-refractivity contribution < 1.29 is 33.3 Å². The summed E-state index contributed by atoms with van der Waals surface area (Å²) in [5.74, 6) is -3.10. The molecule has 0 aromatic heterocycles. The molecular formula is C12H14F2O5. The fourth-order valence-electron chi connectivity index (χ4n) is 1.59. The summed E-state index contributed by atoms with van der Waals surface area (Å²) in [7, 11) is 2.25. The molecule has 0 radical (unpaired) electrons. The van der Waals surface area contributed by atoms with Crippen molar-refractivity contribution in [1.82, 2.24) is 0 Å². The maximum absolute atomic E-state index is 13.4. The number of esters is 1. The molecule has 106 valence electrons. The van der Waals surface area contributed by atoms with Crippen molar-refractivity contribution in [2.24, 2.45) is 0 Å². The Balaban J connectivity index is 3.04. The summed E-state index contributed by atoms with van der Waals surface area (Å²) >= 11 is 0. The van der Waals surface area contributed by atoms with Crippen LogP contribution in [0.25, 0.3) is 0 Å². The molecular weight excluding hydrogens is 262 g/mol. The Morgan fingerprint density at radius 1 is 1.32 bits per heavy atom. The van der Waals surface area contributed by atoms with Crippen LogP contribution in [0.4, 0.5) is 8.78 Å². The van der Waals surface area contributed by atoms with Gasteiger partial charge in [0.05, 0.1) is 26.7 Å². The third kappa shape index (κ3) is 3.62. The summed E-state index contributed by atoms with van der Waals surface area (Å²) in [6.45, 7) is 0. The summed E-state index contributed by atoms with van der Waals surface area (Å²) in [6, 6.07) is 1.41. The van der Waals surface area contributed by atoms with Gasteiger partial charge in [-0.25, -0.2) is 8.78 Å². The van der Waals surface area contributed by atoms with Gasteiger partial charge in [-0.1, -0.05) is 0 Å². The van der Waals surface area contributed by atoms with E-state index >= 15 is 0 Å². The van der Waals surface area contributed by atoms with E-state index in [1.165, 1.54) is 0 Å². The number of carbonyl (C=O) groups is 1. The van der Waals surface area contributed by atoms with E-state index < -0.39 is 42.0 Å². The molecule has 0 fully saturated rings. The number of hydrogen-bond acceptors (Lipinski definition) is 5. The third-order valence-corrected chi connectivity index (χ3v) is 2.53. The summed E-state index contributed by atoms with van der Waals surface area (Å²) in [5, 5.41) is 19.4. The van der Waals surface area contributed by atoms with Gasteiger partial charge in [0.25, 0.3) is 0 Å². The second-order valence-corrected chi connectivity index (χ2v) is 3.80. The number of aliphatic hydroxyl groups excluding tert-OH is 2. The van der Waals surface area contributed by atoms with Crippen LogP contribution in [0.3, 0.4) is 0 Å². The molecule has 1 aromatic carbocycles. The fraction of sp³-hybridized carbons (Fsp3) is 0.417. The molecule has 2 unspecified atom stereocenters. The number of hydrogen-bond donors (Lipinski definition) is 2. The lowest BCUT2D eigenvalue weighted by molar-refractivity contribution is -0.144. The molecule has 0 aliphatic rings. The minimum atomic E-state index is -1.68. The van der Waals surface area contributed by atoms with Crippen LogP contribution in [0.5, 0.6) is 5.75 Å². The molecule has 0 aliphatic carbocycles. The number of halogens is 2. The van der Waals surface area contributed by atoms with Gasteiger partial charge in [-0.05, 0) is 6.07 Å². The number of ether oxygens (including phenoxy) is 2. The Morgan fingerprint density at radius 3 is 2.47 bits per heavy atom. The van der Waals surface area contributed by atoms with Crippen LogP contribution >= 0.6 is 0 Å². The first-order valence-corrected chi connectivity index (χ1v) is 5.36.